The van der Waals surface area contributed by atoms with E-state index in [9.17, 15) is 18.4 Å². The quantitative estimate of drug-likeness (QED) is 0.616. The van der Waals surface area contributed by atoms with Crippen LogP contribution in [0.3, 0.4) is 0 Å². The van der Waals surface area contributed by atoms with Gasteiger partial charge in [0.05, 0.1) is 24.9 Å². The molecule has 2 amide bonds. The highest BCUT2D eigenvalue weighted by molar-refractivity contribution is 7.14. The zero-order valence-corrected chi connectivity index (χ0v) is 20.6. The molecule has 2 N–H and O–H groups in total. The minimum atomic E-state index is -1.15. The van der Waals surface area contributed by atoms with Crippen LogP contribution in [0.1, 0.15) is 46.0 Å². The third-order valence-electron chi connectivity index (χ3n) is 7.26. The number of nitriles is 1. The van der Waals surface area contributed by atoms with Gasteiger partial charge in [0, 0.05) is 28.3 Å². The summed E-state index contributed by atoms with van der Waals surface area (Å²) in [6.45, 7) is 3.96. The Morgan fingerprint density at radius 1 is 1.23 bits per heavy atom. The summed E-state index contributed by atoms with van der Waals surface area (Å²) < 4.78 is 26.8. The van der Waals surface area contributed by atoms with Crippen molar-refractivity contribution in [2.45, 2.75) is 63.7 Å². The van der Waals surface area contributed by atoms with E-state index in [2.05, 4.69) is 15.6 Å². The van der Waals surface area contributed by atoms with Crippen molar-refractivity contribution in [3.8, 4) is 17.3 Å². The van der Waals surface area contributed by atoms with Gasteiger partial charge < -0.3 is 15.5 Å². The van der Waals surface area contributed by atoms with Crippen molar-refractivity contribution in [3.63, 3.8) is 0 Å². The van der Waals surface area contributed by atoms with E-state index in [1.165, 1.54) is 28.4 Å². The van der Waals surface area contributed by atoms with Gasteiger partial charge in [-0.2, -0.15) is 5.26 Å². The maximum atomic E-state index is 13.6. The van der Waals surface area contributed by atoms with Gasteiger partial charge in [0.1, 0.15) is 18.0 Å². The summed E-state index contributed by atoms with van der Waals surface area (Å²) in [6, 6.07) is 7.34. The highest BCUT2D eigenvalue weighted by Gasteiger charge is 2.43. The predicted molar refractivity (Wildman–Crippen MR) is 130 cm³/mol. The maximum absolute atomic E-state index is 13.6. The van der Waals surface area contributed by atoms with Gasteiger partial charge in [-0.3, -0.25) is 9.59 Å². The molecule has 1 saturated heterocycles. The summed E-state index contributed by atoms with van der Waals surface area (Å²) in [4.78, 5) is 31.4. The van der Waals surface area contributed by atoms with E-state index in [0.29, 0.717) is 36.5 Å². The average Bonchev–Trinajstić information content (AvgIpc) is 3.46. The fourth-order valence-electron chi connectivity index (χ4n) is 4.66. The number of halogens is 2. The largest absolute Gasteiger partial charge is 0.323 e. The predicted octanol–water partition coefficient (Wildman–Crippen LogP) is 4.28. The Morgan fingerprint density at radius 2 is 1.91 bits per heavy atom. The first kappa shape index (κ1) is 25.2. The second-order valence-electron chi connectivity index (χ2n) is 10.00. The van der Waals surface area contributed by atoms with Crippen LogP contribution < -0.4 is 10.6 Å². The summed E-state index contributed by atoms with van der Waals surface area (Å²) in [5.74, 6) is -0.687. The maximum Gasteiger partial charge on any atom is 0.237 e. The van der Waals surface area contributed by atoms with Gasteiger partial charge in [-0.05, 0) is 56.9 Å². The summed E-state index contributed by atoms with van der Waals surface area (Å²) >= 11 is 1.32. The van der Waals surface area contributed by atoms with Crippen LogP contribution in [0.2, 0.25) is 0 Å². The van der Waals surface area contributed by atoms with Crippen molar-refractivity contribution in [2.75, 3.05) is 18.4 Å². The molecule has 0 radical (unpaired) electrons. The molecule has 0 spiro atoms. The SMILES string of the molecule is CC1(NCC(=O)N2C[C@@H](F)C[C@H]2C#N)CCC(C)(C(=O)Nc2nc(-c3ccc(F)cc3)cs2)CC1. The monoisotopic (exact) mass is 501 g/mol. The lowest BCUT2D eigenvalue weighted by Crippen LogP contribution is -2.53. The van der Waals surface area contributed by atoms with Gasteiger partial charge in [0.25, 0.3) is 0 Å². The normalized spacial score (nSPS) is 28.5. The molecule has 1 saturated carbocycles. The van der Waals surface area contributed by atoms with Gasteiger partial charge in [0.15, 0.2) is 5.13 Å². The molecular weight excluding hydrogens is 472 g/mol. The first-order valence-electron chi connectivity index (χ1n) is 11.7. The molecule has 2 atom stereocenters. The van der Waals surface area contributed by atoms with E-state index in [1.54, 1.807) is 12.1 Å². The van der Waals surface area contributed by atoms with Gasteiger partial charge in [-0.15, -0.1) is 11.3 Å². The lowest BCUT2D eigenvalue weighted by molar-refractivity contribution is -0.131. The third-order valence-corrected chi connectivity index (χ3v) is 8.01. The fraction of sp³-hybridized carbons (Fsp3) is 0.520. The Kier molecular flexibility index (Phi) is 7.20. The van der Waals surface area contributed by atoms with Crippen molar-refractivity contribution in [1.82, 2.24) is 15.2 Å². The summed E-state index contributed by atoms with van der Waals surface area (Å²) in [5, 5.41) is 17.7. The van der Waals surface area contributed by atoms with E-state index in [0.717, 1.165) is 5.56 Å². The Hall–Kier alpha value is -2.90. The number of nitrogens with one attached hydrogen (secondary N) is 2. The molecule has 2 heterocycles. The van der Waals surface area contributed by atoms with Crippen LogP contribution in [-0.2, 0) is 9.59 Å². The highest BCUT2D eigenvalue weighted by Crippen LogP contribution is 2.41. The number of rotatable bonds is 6. The van der Waals surface area contributed by atoms with Gasteiger partial charge in [-0.1, -0.05) is 6.92 Å². The summed E-state index contributed by atoms with van der Waals surface area (Å²) in [7, 11) is 0. The molecule has 186 valence electrons. The number of hydrogen-bond donors (Lipinski definition) is 2. The molecule has 35 heavy (non-hydrogen) atoms. The topological polar surface area (TPSA) is 98.1 Å². The Labute approximate surface area is 207 Å². The highest BCUT2D eigenvalue weighted by atomic mass is 32.1. The molecule has 2 fully saturated rings. The first-order chi connectivity index (χ1) is 16.6. The van der Waals surface area contributed by atoms with E-state index >= 15 is 0 Å². The summed E-state index contributed by atoms with van der Waals surface area (Å²) in [5.41, 5.74) is 0.551. The molecule has 10 heteroatoms. The number of anilines is 1. The van der Waals surface area contributed by atoms with Crippen molar-refractivity contribution >= 4 is 28.3 Å². The van der Waals surface area contributed by atoms with Crippen molar-refractivity contribution in [1.29, 1.82) is 5.26 Å². The van der Waals surface area contributed by atoms with E-state index in [4.69, 9.17) is 5.26 Å². The van der Waals surface area contributed by atoms with E-state index in [-0.39, 0.29) is 42.7 Å². The number of hydrogen-bond acceptors (Lipinski definition) is 6. The van der Waals surface area contributed by atoms with Crippen LogP contribution in [0, 0.1) is 22.6 Å². The zero-order valence-electron chi connectivity index (χ0n) is 19.8. The number of thiazole rings is 1. The molecule has 1 aromatic heterocycles. The molecule has 7 nitrogen and oxygen atoms in total. The second-order valence-corrected chi connectivity index (χ2v) is 10.9. The number of likely N-dealkylation sites (tertiary alicyclic amines) is 1. The Morgan fingerprint density at radius 3 is 2.57 bits per heavy atom. The van der Waals surface area contributed by atoms with Crippen LogP contribution in [0.4, 0.5) is 13.9 Å². The molecule has 1 aromatic carbocycles. The first-order valence-corrected chi connectivity index (χ1v) is 12.6. The molecular formula is C25H29F2N5O2S. The minimum absolute atomic E-state index is 0.0344. The molecule has 1 aliphatic heterocycles. The smallest absolute Gasteiger partial charge is 0.237 e. The second kappa shape index (κ2) is 9.99. The van der Waals surface area contributed by atoms with Gasteiger partial charge in [-0.25, -0.2) is 13.8 Å². The summed E-state index contributed by atoms with van der Waals surface area (Å²) in [6.07, 6.45) is 1.55. The lowest BCUT2D eigenvalue weighted by atomic mass is 9.68. The van der Waals surface area contributed by atoms with E-state index in [1.807, 2.05) is 25.3 Å². The lowest BCUT2D eigenvalue weighted by Gasteiger charge is -2.42. The Bertz CT molecular complexity index is 1120. The van der Waals surface area contributed by atoms with Gasteiger partial charge in [0.2, 0.25) is 11.8 Å². The van der Waals surface area contributed by atoms with E-state index < -0.39 is 17.6 Å². The van der Waals surface area contributed by atoms with Crippen LogP contribution in [0.5, 0.6) is 0 Å². The average molecular weight is 502 g/mol. The number of nitrogens with zero attached hydrogens (tertiary/aromatic N) is 3. The molecule has 0 unspecified atom stereocenters. The van der Waals surface area contributed by atoms with Crippen molar-refractivity contribution in [3.05, 3.63) is 35.5 Å². The van der Waals surface area contributed by atoms with Crippen LogP contribution >= 0.6 is 11.3 Å². The van der Waals surface area contributed by atoms with Crippen LogP contribution in [0.25, 0.3) is 11.3 Å². The molecule has 2 aromatic rings. The van der Waals surface area contributed by atoms with Crippen LogP contribution in [0.15, 0.2) is 29.6 Å². The van der Waals surface area contributed by atoms with Crippen molar-refractivity contribution < 1.29 is 18.4 Å². The number of amides is 2. The van der Waals surface area contributed by atoms with Crippen LogP contribution in [-0.4, -0.2) is 52.5 Å². The zero-order chi connectivity index (χ0) is 25.2. The van der Waals surface area contributed by atoms with Gasteiger partial charge >= 0.3 is 0 Å². The number of carbonyl (C=O) groups is 2. The third kappa shape index (κ3) is 5.68. The standard InChI is InChI=1S/C25H29F2N5O2S/c1-24(22(34)31-23-30-20(15-35-23)16-3-5-17(26)6-4-16)7-9-25(2,10-8-24)29-13-21(33)32-14-18(27)11-19(32)12-28/h3-6,15,18-19,29H,7-11,13-14H2,1-2H3,(H,30,31,34)/t18-,19-,24?,25?/m0/s1. The number of benzene rings is 1. The molecule has 0 bridgehead atoms. The number of alkyl halides is 1. The molecule has 4 rings (SSSR count). The number of carbonyl (C=O) groups excluding carboxylic acids is 2. The Balaban J connectivity index is 1.30. The number of aromatic nitrogens is 1. The fourth-order valence-corrected chi connectivity index (χ4v) is 5.38. The molecule has 1 aliphatic carbocycles. The van der Waals surface area contributed by atoms with Crippen molar-refractivity contribution in [2.24, 2.45) is 5.41 Å². The minimum Gasteiger partial charge on any atom is -0.323 e. The molecule has 2 aliphatic rings.